The Kier molecular flexibility index (Phi) is 3.81. The highest BCUT2D eigenvalue weighted by Crippen LogP contribution is 2.30. The quantitative estimate of drug-likeness (QED) is 0.733. The number of aromatic nitrogens is 2. The highest BCUT2D eigenvalue weighted by atomic mass is 32.2. The summed E-state index contributed by atoms with van der Waals surface area (Å²) in [7, 11) is -0.831. The van der Waals surface area contributed by atoms with Gasteiger partial charge in [0, 0.05) is 19.0 Å². The van der Waals surface area contributed by atoms with E-state index in [1.807, 2.05) is 0 Å². The molecule has 0 aliphatic heterocycles. The highest BCUT2D eigenvalue weighted by Gasteiger charge is 2.24. The Morgan fingerprint density at radius 2 is 1.85 bits per heavy atom. The van der Waals surface area contributed by atoms with E-state index in [1.165, 1.54) is 32.6 Å². The predicted molar refractivity (Wildman–Crippen MR) is 99.2 cm³/mol. The van der Waals surface area contributed by atoms with Crippen LogP contribution in [-0.2, 0) is 37.0 Å². The third-order valence-corrected chi connectivity index (χ3v) is 7.32. The fraction of sp³-hybridized carbons (Fsp3) is 0.294. The van der Waals surface area contributed by atoms with E-state index in [4.69, 9.17) is 0 Å². The van der Waals surface area contributed by atoms with Gasteiger partial charge in [-0.15, -0.1) is 11.3 Å². The summed E-state index contributed by atoms with van der Waals surface area (Å²) in [6.45, 7) is 0. The van der Waals surface area contributed by atoms with E-state index < -0.39 is 15.9 Å². The molecule has 0 fully saturated rings. The molecule has 1 aromatic carbocycles. The van der Waals surface area contributed by atoms with Gasteiger partial charge < -0.3 is 0 Å². The van der Waals surface area contributed by atoms with Gasteiger partial charge in [-0.2, -0.15) is 0 Å². The Hall–Kier alpha value is -2.39. The molecule has 0 unspecified atom stereocenters. The summed E-state index contributed by atoms with van der Waals surface area (Å²) in [5, 5.41) is 0. The van der Waals surface area contributed by atoms with Crippen LogP contribution in [-0.4, -0.2) is 23.5 Å². The van der Waals surface area contributed by atoms with E-state index in [9.17, 15) is 18.0 Å². The largest absolute Gasteiger partial charge is 0.328 e. The maximum Gasteiger partial charge on any atom is 0.328 e. The first-order valence-corrected chi connectivity index (χ1v) is 10.4. The molecule has 136 valence electrons. The number of hydrogen-bond acceptors (Lipinski definition) is 5. The molecule has 7 nitrogen and oxygen atoms in total. The van der Waals surface area contributed by atoms with Gasteiger partial charge in [-0.05, 0) is 49.1 Å². The average molecular weight is 391 g/mol. The third-order valence-electron chi connectivity index (χ3n) is 4.75. The summed E-state index contributed by atoms with van der Waals surface area (Å²) in [5.41, 5.74) is 2.00. The lowest BCUT2D eigenvalue weighted by Gasteiger charge is -2.06. The number of carbonyl (C=O) groups is 1. The van der Waals surface area contributed by atoms with E-state index in [-0.39, 0.29) is 10.6 Å². The number of nitrogens with one attached hydrogen (secondary N) is 1. The zero-order valence-corrected chi connectivity index (χ0v) is 15.9. The number of amides is 1. The zero-order chi connectivity index (χ0) is 18.6. The summed E-state index contributed by atoms with van der Waals surface area (Å²) >= 11 is 1.35. The number of nitrogens with zero attached hydrogens (tertiary/aromatic N) is 2. The van der Waals surface area contributed by atoms with E-state index in [0.29, 0.717) is 15.9 Å². The van der Waals surface area contributed by atoms with E-state index in [0.717, 1.165) is 29.7 Å². The van der Waals surface area contributed by atoms with Crippen LogP contribution in [0.5, 0.6) is 0 Å². The van der Waals surface area contributed by atoms with Crippen molar-refractivity contribution < 1.29 is 13.2 Å². The minimum atomic E-state index is -4.03. The molecule has 1 aliphatic rings. The molecule has 0 radical (unpaired) electrons. The van der Waals surface area contributed by atoms with Gasteiger partial charge in [0.2, 0.25) is 0 Å². The number of aryl methyl sites for hydroxylation is 4. The van der Waals surface area contributed by atoms with Gasteiger partial charge in [0.15, 0.2) is 0 Å². The number of rotatable bonds is 3. The molecule has 26 heavy (non-hydrogen) atoms. The number of sulfonamides is 1. The number of benzene rings is 1. The number of carbonyl (C=O) groups excluding carboxylic acids is 1. The zero-order valence-electron chi connectivity index (χ0n) is 14.3. The first-order valence-electron chi connectivity index (χ1n) is 8.12. The van der Waals surface area contributed by atoms with Crippen LogP contribution in [0.4, 0.5) is 0 Å². The van der Waals surface area contributed by atoms with Crippen molar-refractivity contribution in [1.82, 2.24) is 13.9 Å². The maximum absolute atomic E-state index is 12.6. The molecule has 2 aromatic heterocycles. The summed E-state index contributed by atoms with van der Waals surface area (Å²) in [6, 6.07) is 6.14. The number of thiophene rings is 1. The van der Waals surface area contributed by atoms with Crippen molar-refractivity contribution in [3.63, 3.8) is 0 Å². The fourth-order valence-corrected chi connectivity index (χ4v) is 5.53. The second-order valence-corrected chi connectivity index (χ2v) is 9.22. The van der Waals surface area contributed by atoms with Crippen LogP contribution in [0.25, 0.3) is 11.0 Å². The summed E-state index contributed by atoms with van der Waals surface area (Å²) in [5.74, 6) is -0.619. The van der Waals surface area contributed by atoms with Crippen LogP contribution in [0.1, 0.15) is 26.5 Å². The first kappa shape index (κ1) is 17.0. The molecule has 1 N–H and O–H groups in total. The van der Waals surface area contributed by atoms with Gasteiger partial charge >= 0.3 is 5.69 Å². The standard InChI is InChI=1S/C17H17N3O4S2/c1-19-12-7-6-11(9-13(12)20(2)17(19)22)26(23,24)18-16(21)15-8-10-4-3-5-14(10)25-15/h6-9H,3-5H2,1-2H3,(H,18,21). The van der Waals surface area contributed by atoms with Gasteiger partial charge in [0.25, 0.3) is 15.9 Å². The molecule has 9 heteroatoms. The lowest BCUT2D eigenvalue weighted by Crippen LogP contribution is -2.30. The van der Waals surface area contributed by atoms with Gasteiger partial charge in [0.1, 0.15) is 0 Å². The Balaban J connectivity index is 1.67. The van der Waals surface area contributed by atoms with Crippen LogP contribution >= 0.6 is 11.3 Å². The van der Waals surface area contributed by atoms with Crippen molar-refractivity contribution >= 4 is 38.3 Å². The minimum Gasteiger partial charge on any atom is -0.295 e. The van der Waals surface area contributed by atoms with Crippen LogP contribution in [0.2, 0.25) is 0 Å². The van der Waals surface area contributed by atoms with Crippen LogP contribution < -0.4 is 10.4 Å². The number of fused-ring (bicyclic) bond motifs is 2. The minimum absolute atomic E-state index is 0.0522. The van der Waals surface area contributed by atoms with Crippen molar-refractivity contribution in [3.8, 4) is 0 Å². The monoisotopic (exact) mass is 391 g/mol. The Bertz CT molecular complexity index is 1190. The van der Waals surface area contributed by atoms with Gasteiger partial charge in [-0.3, -0.25) is 13.9 Å². The van der Waals surface area contributed by atoms with Crippen molar-refractivity contribution in [2.75, 3.05) is 0 Å². The normalized spacial score (nSPS) is 13.9. The SMILES string of the molecule is Cn1c(=O)n(C)c2cc(S(=O)(=O)NC(=O)c3cc4c(s3)CCC4)ccc21. The summed E-state index contributed by atoms with van der Waals surface area (Å²) in [4.78, 5) is 25.9. The van der Waals surface area contributed by atoms with Gasteiger partial charge in [-0.25, -0.2) is 17.9 Å². The molecule has 3 aromatic rings. The smallest absolute Gasteiger partial charge is 0.295 e. The first-order chi connectivity index (χ1) is 12.3. The summed E-state index contributed by atoms with van der Waals surface area (Å²) in [6.07, 6.45) is 2.96. The van der Waals surface area contributed by atoms with E-state index >= 15 is 0 Å². The fourth-order valence-electron chi connectivity index (χ4n) is 3.33. The molecule has 1 amide bonds. The molecule has 0 atom stereocenters. The molecular formula is C17H17N3O4S2. The van der Waals surface area contributed by atoms with Crippen molar-refractivity contribution in [2.24, 2.45) is 14.1 Å². The lowest BCUT2D eigenvalue weighted by atomic mass is 10.2. The molecule has 2 heterocycles. The van der Waals surface area contributed by atoms with Crippen LogP contribution in [0, 0.1) is 0 Å². The number of imidazole rings is 1. The van der Waals surface area contributed by atoms with Crippen LogP contribution in [0.15, 0.2) is 34.0 Å². The Labute approximate surface area is 153 Å². The molecule has 0 saturated carbocycles. The second-order valence-electron chi connectivity index (χ2n) is 6.40. The Morgan fingerprint density at radius 3 is 2.58 bits per heavy atom. The molecule has 0 bridgehead atoms. The molecule has 0 saturated heterocycles. The molecule has 0 spiro atoms. The van der Waals surface area contributed by atoms with Gasteiger partial charge in [0.05, 0.1) is 20.8 Å². The second kappa shape index (κ2) is 5.82. The van der Waals surface area contributed by atoms with Gasteiger partial charge in [-0.1, -0.05) is 0 Å². The van der Waals surface area contributed by atoms with Crippen molar-refractivity contribution in [1.29, 1.82) is 0 Å². The Morgan fingerprint density at radius 1 is 1.12 bits per heavy atom. The molecular weight excluding hydrogens is 374 g/mol. The highest BCUT2D eigenvalue weighted by molar-refractivity contribution is 7.90. The predicted octanol–water partition coefficient (Wildman–Crippen LogP) is 1.55. The molecule has 1 aliphatic carbocycles. The average Bonchev–Trinajstić information content (AvgIpc) is 3.25. The van der Waals surface area contributed by atoms with E-state index in [2.05, 4.69) is 4.72 Å². The van der Waals surface area contributed by atoms with E-state index in [1.54, 1.807) is 26.2 Å². The topological polar surface area (TPSA) is 90.2 Å². The third kappa shape index (κ3) is 2.58. The van der Waals surface area contributed by atoms with Crippen LogP contribution in [0.3, 0.4) is 0 Å². The summed E-state index contributed by atoms with van der Waals surface area (Å²) < 4.78 is 30.2. The lowest BCUT2D eigenvalue weighted by molar-refractivity contribution is 0.0985. The van der Waals surface area contributed by atoms with Crippen molar-refractivity contribution in [2.45, 2.75) is 24.2 Å². The maximum atomic E-state index is 12.6. The molecule has 4 rings (SSSR count). The number of hydrogen-bond donors (Lipinski definition) is 1. The van der Waals surface area contributed by atoms with Crippen molar-refractivity contribution in [3.05, 3.63) is 50.1 Å².